The number of hydrogen-bond acceptors (Lipinski definition) is 4. The number of rotatable bonds is 5. The lowest BCUT2D eigenvalue weighted by molar-refractivity contribution is 0.500. The number of halogens is 2. The van der Waals surface area contributed by atoms with Crippen LogP contribution in [0.3, 0.4) is 0 Å². The molecule has 0 atom stereocenters. The molecule has 5 rings (SSSR count). The molecule has 0 saturated heterocycles. The Kier molecular flexibility index (Phi) is 4.66. The van der Waals surface area contributed by atoms with Gasteiger partial charge in [-0.1, -0.05) is 24.3 Å². The molecular formula is C23H18F2N6. The molecule has 5 aromatic rings. The molecule has 154 valence electrons. The maximum absolute atomic E-state index is 14.0. The first-order valence-corrected chi connectivity index (χ1v) is 9.73. The number of fused-ring (bicyclic) bond motifs is 1. The summed E-state index contributed by atoms with van der Waals surface area (Å²) in [6.45, 7) is 2.00. The number of benzene rings is 2. The molecule has 0 unspecified atom stereocenters. The van der Waals surface area contributed by atoms with Gasteiger partial charge in [-0.05, 0) is 37.3 Å². The Morgan fingerprint density at radius 1 is 1.00 bits per heavy atom. The highest BCUT2D eigenvalue weighted by molar-refractivity contribution is 5.87. The molecule has 0 saturated carbocycles. The summed E-state index contributed by atoms with van der Waals surface area (Å²) in [5, 5.41) is 11.0. The van der Waals surface area contributed by atoms with Crippen molar-refractivity contribution in [3.63, 3.8) is 0 Å². The molecule has 0 spiro atoms. The third-order valence-corrected chi connectivity index (χ3v) is 5.04. The Labute approximate surface area is 176 Å². The molecule has 0 fully saturated rings. The van der Waals surface area contributed by atoms with E-state index in [4.69, 9.17) is 4.98 Å². The Bertz CT molecular complexity index is 1390. The summed E-state index contributed by atoms with van der Waals surface area (Å²) < 4.78 is 27.5. The molecule has 3 aromatic heterocycles. The van der Waals surface area contributed by atoms with Crippen LogP contribution in [0.15, 0.2) is 60.8 Å². The van der Waals surface area contributed by atoms with Gasteiger partial charge >= 0.3 is 0 Å². The van der Waals surface area contributed by atoms with Crippen LogP contribution in [0.25, 0.3) is 33.5 Å². The van der Waals surface area contributed by atoms with Gasteiger partial charge in [0.25, 0.3) is 0 Å². The number of anilines is 1. The summed E-state index contributed by atoms with van der Waals surface area (Å²) in [5.41, 5.74) is 5.06. The zero-order valence-electron chi connectivity index (χ0n) is 16.6. The Hall–Kier alpha value is -4.07. The molecule has 0 aliphatic carbocycles. The lowest BCUT2D eigenvalue weighted by atomic mass is 10.1. The van der Waals surface area contributed by atoms with E-state index in [-0.39, 0.29) is 12.1 Å². The van der Waals surface area contributed by atoms with E-state index in [1.807, 2.05) is 43.3 Å². The lowest BCUT2D eigenvalue weighted by Crippen LogP contribution is -2.04. The number of aromatic amines is 2. The molecule has 0 aliphatic heterocycles. The Morgan fingerprint density at radius 2 is 1.87 bits per heavy atom. The van der Waals surface area contributed by atoms with Gasteiger partial charge in [0.1, 0.15) is 0 Å². The normalized spacial score (nSPS) is 11.2. The predicted molar refractivity (Wildman–Crippen MR) is 115 cm³/mol. The Balaban J connectivity index is 1.55. The summed E-state index contributed by atoms with van der Waals surface area (Å²) in [5.74, 6) is -1.31. The van der Waals surface area contributed by atoms with E-state index in [2.05, 4.69) is 25.5 Å². The average Bonchev–Trinajstić information content (AvgIpc) is 3.41. The van der Waals surface area contributed by atoms with E-state index >= 15 is 0 Å². The highest BCUT2D eigenvalue weighted by Gasteiger charge is 2.17. The minimum atomic E-state index is -0.877. The topological polar surface area (TPSA) is 82.3 Å². The zero-order valence-corrected chi connectivity index (χ0v) is 16.6. The molecule has 6 nitrogen and oxygen atoms in total. The van der Waals surface area contributed by atoms with Gasteiger partial charge in [0.05, 0.1) is 28.8 Å². The van der Waals surface area contributed by atoms with Crippen LogP contribution in [0.1, 0.15) is 11.3 Å². The quantitative estimate of drug-likeness (QED) is 0.367. The molecule has 8 heteroatoms. The number of pyridine rings is 1. The standard InChI is InChI=1S/C23H18F2N6/c1-13-4-2-7-19(28-13)22-21(14-8-9-18-16(10-14)12-27-31-18)29-23(30-22)26-11-15-5-3-6-17(24)20(15)25/h2-10,12H,11H2,1H3,(H,27,31)(H2,26,29,30). The minimum absolute atomic E-state index is 0.0813. The monoisotopic (exact) mass is 416 g/mol. The minimum Gasteiger partial charge on any atom is -0.352 e. The Morgan fingerprint density at radius 3 is 2.74 bits per heavy atom. The van der Waals surface area contributed by atoms with Crippen molar-refractivity contribution in [1.29, 1.82) is 0 Å². The molecule has 2 aromatic carbocycles. The van der Waals surface area contributed by atoms with Crippen LogP contribution >= 0.6 is 0 Å². The maximum Gasteiger partial charge on any atom is 0.201 e. The first-order chi connectivity index (χ1) is 15.1. The summed E-state index contributed by atoms with van der Waals surface area (Å²) in [6.07, 6.45) is 1.75. The highest BCUT2D eigenvalue weighted by atomic mass is 19.2. The number of imidazole rings is 1. The van der Waals surface area contributed by atoms with Gasteiger partial charge < -0.3 is 10.3 Å². The van der Waals surface area contributed by atoms with Gasteiger partial charge in [-0.25, -0.2) is 13.8 Å². The van der Waals surface area contributed by atoms with E-state index < -0.39 is 11.6 Å². The number of aromatic nitrogens is 5. The number of hydrogen-bond donors (Lipinski definition) is 3. The van der Waals surface area contributed by atoms with E-state index in [1.165, 1.54) is 12.1 Å². The van der Waals surface area contributed by atoms with Gasteiger partial charge in [0.15, 0.2) is 11.6 Å². The molecule has 0 amide bonds. The van der Waals surface area contributed by atoms with Gasteiger partial charge in [-0.2, -0.15) is 5.10 Å². The van der Waals surface area contributed by atoms with Crippen LogP contribution < -0.4 is 5.32 Å². The van der Waals surface area contributed by atoms with E-state index in [0.29, 0.717) is 11.6 Å². The average molecular weight is 416 g/mol. The summed E-state index contributed by atoms with van der Waals surface area (Å²) in [6, 6.07) is 15.7. The predicted octanol–water partition coefficient (Wildman–Crippen LogP) is 5.21. The van der Waals surface area contributed by atoms with Crippen molar-refractivity contribution in [2.75, 3.05) is 5.32 Å². The van der Waals surface area contributed by atoms with Crippen LogP contribution in [0.4, 0.5) is 14.7 Å². The van der Waals surface area contributed by atoms with Crippen molar-refractivity contribution in [2.45, 2.75) is 13.5 Å². The SMILES string of the molecule is Cc1cccc(-c2[nH]c(NCc3cccc(F)c3F)nc2-c2ccc3[nH]ncc3c2)n1. The molecule has 3 N–H and O–H groups in total. The van der Waals surface area contributed by atoms with Crippen molar-refractivity contribution < 1.29 is 8.78 Å². The molecular weight excluding hydrogens is 398 g/mol. The van der Waals surface area contributed by atoms with Crippen molar-refractivity contribution in [3.05, 3.63) is 83.7 Å². The summed E-state index contributed by atoms with van der Waals surface area (Å²) in [7, 11) is 0. The fourth-order valence-corrected chi connectivity index (χ4v) is 3.49. The second-order valence-corrected chi connectivity index (χ2v) is 7.21. The molecule has 0 bridgehead atoms. The van der Waals surface area contributed by atoms with E-state index in [9.17, 15) is 8.78 Å². The van der Waals surface area contributed by atoms with Gasteiger partial charge in [-0.15, -0.1) is 0 Å². The van der Waals surface area contributed by atoms with Crippen LogP contribution in [-0.4, -0.2) is 25.1 Å². The van der Waals surface area contributed by atoms with Gasteiger partial charge in [-0.3, -0.25) is 10.1 Å². The van der Waals surface area contributed by atoms with Crippen molar-refractivity contribution in [2.24, 2.45) is 0 Å². The second-order valence-electron chi connectivity index (χ2n) is 7.21. The summed E-state index contributed by atoms with van der Waals surface area (Å²) >= 11 is 0. The second kappa shape index (κ2) is 7.64. The zero-order chi connectivity index (χ0) is 21.4. The van der Waals surface area contributed by atoms with Gasteiger partial charge in [0, 0.05) is 28.8 Å². The van der Waals surface area contributed by atoms with Crippen molar-refractivity contribution >= 4 is 16.9 Å². The molecule has 0 radical (unpaired) electrons. The number of nitrogens with one attached hydrogen (secondary N) is 3. The van der Waals surface area contributed by atoms with Crippen LogP contribution in [0.2, 0.25) is 0 Å². The lowest BCUT2D eigenvalue weighted by Gasteiger charge is -2.05. The van der Waals surface area contributed by atoms with Gasteiger partial charge in [0.2, 0.25) is 5.95 Å². The van der Waals surface area contributed by atoms with Crippen LogP contribution in [0, 0.1) is 18.6 Å². The maximum atomic E-state index is 14.0. The van der Waals surface area contributed by atoms with Crippen molar-refractivity contribution in [3.8, 4) is 22.6 Å². The third-order valence-electron chi connectivity index (χ3n) is 5.04. The fraction of sp³-hybridized carbons (Fsp3) is 0.0870. The van der Waals surface area contributed by atoms with Crippen LogP contribution in [0.5, 0.6) is 0 Å². The third kappa shape index (κ3) is 3.63. The number of aryl methyl sites for hydroxylation is 1. The van der Waals surface area contributed by atoms with Crippen molar-refractivity contribution in [1.82, 2.24) is 25.1 Å². The largest absolute Gasteiger partial charge is 0.352 e. The molecule has 31 heavy (non-hydrogen) atoms. The number of nitrogens with zero attached hydrogens (tertiary/aromatic N) is 3. The summed E-state index contributed by atoms with van der Waals surface area (Å²) in [4.78, 5) is 12.5. The molecule has 0 aliphatic rings. The van der Waals surface area contributed by atoms with Crippen LogP contribution in [-0.2, 0) is 6.54 Å². The number of H-pyrrole nitrogens is 2. The van der Waals surface area contributed by atoms with E-state index in [1.54, 1.807) is 6.20 Å². The highest BCUT2D eigenvalue weighted by Crippen LogP contribution is 2.32. The van der Waals surface area contributed by atoms with E-state index in [0.717, 1.165) is 39.6 Å². The molecule has 3 heterocycles. The fourth-order valence-electron chi connectivity index (χ4n) is 3.49. The smallest absolute Gasteiger partial charge is 0.201 e. The first-order valence-electron chi connectivity index (χ1n) is 9.73. The first kappa shape index (κ1) is 18.9.